The molecule has 0 aromatic rings. The average molecular weight is 391 g/mol. The molecule has 0 aliphatic rings. The number of ether oxygens (including phenoxy) is 2. The fourth-order valence-electron chi connectivity index (χ4n) is 2.22. The van der Waals surface area contributed by atoms with Crippen molar-refractivity contribution >= 4 is 21.9 Å². The van der Waals surface area contributed by atoms with Crippen LogP contribution in [0.3, 0.4) is 0 Å². The average Bonchev–Trinajstić information content (AvgIpc) is 2.56. The lowest BCUT2D eigenvalue weighted by molar-refractivity contribution is -0.157. The summed E-state index contributed by atoms with van der Waals surface area (Å²) in [6.07, 6.45) is 14.7. The van der Waals surface area contributed by atoms with Crippen molar-refractivity contribution in [1.29, 1.82) is 0 Å². The monoisotopic (exact) mass is 390 g/mol. The van der Waals surface area contributed by atoms with E-state index in [1.54, 1.807) is 0 Å². The molecule has 0 aliphatic carbocycles. The van der Waals surface area contributed by atoms with Crippen LogP contribution in [-0.2, 0) is 14.3 Å². The second kappa shape index (κ2) is 18.0. The maximum atomic E-state index is 11.9. The molecule has 0 saturated heterocycles. The normalized spacial score (nSPS) is 12.7. The Morgan fingerprint density at radius 1 is 0.957 bits per heavy atom. The Kier molecular flexibility index (Phi) is 17.7. The molecule has 1 atom stereocenters. The van der Waals surface area contributed by atoms with Crippen molar-refractivity contribution in [2.75, 3.05) is 18.5 Å². The topological polar surface area (TPSA) is 35.5 Å². The van der Waals surface area contributed by atoms with E-state index in [2.05, 4.69) is 35.0 Å². The van der Waals surface area contributed by atoms with Crippen molar-refractivity contribution in [2.24, 2.45) is 0 Å². The van der Waals surface area contributed by atoms with Crippen molar-refractivity contribution in [1.82, 2.24) is 0 Å². The van der Waals surface area contributed by atoms with Gasteiger partial charge in [-0.25, -0.2) is 4.79 Å². The number of allylic oxidation sites excluding steroid dienone is 2. The predicted molar refractivity (Wildman–Crippen MR) is 101 cm³/mol. The van der Waals surface area contributed by atoms with Crippen molar-refractivity contribution in [3.05, 3.63) is 12.2 Å². The lowest BCUT2D eigenvalue weighted by atomic mass is 10.2. The summed E-state index contributed by atoms with van der Waals surface area (Å²) in [5.74, 6) is -0.196. The summed E-state index contributed by atoms with van der Waals surface area (Å²) in [7, 11) is 0. The van der Waals surface area contributed by atoms with Gasteiger partial charge in [-0.2, -0.15) is 0 Å². The highest BCUT2D eigenvalue weighted by Gasteiger charge is 2.18. The van der Waals surface area contributed by atoms with Crippen LogP contribution in [0.4, 0.5) is 0 Å². The zero-order valence-electron chi connectivity index (χ0n) is 15.0. The fraction of sp³-hybridized carbons (Fsp3) is 0.842. The van der Waals surface area contributed by atoms with Gasteiger partial charge in [0.25, 0.3) is 0 Å². The fourth-order valence-corrected chi connectivity index (χ4v) is 2.62. The Morgan fingerprint density at radius 3 is 2.35 bits per heavy atom. The largest absolute Gasteiger partial charge is 0.464 e. The first kappa shape index (κ1) is 22.6. The Balaban J connectivity index is 3.59. The van der Waals surface area contributed by atoms with Gasteiger partial charge in [0.05, 0.1) is 6.61 Å². The minimum atomic E-state index is -0.394. The van der Waals surface area contributed by atoms with Crippen LogP contribution >= 0.6 is 15.9 Å². The predicted octanol–water partition coefficient (Wildman–Crippen LogP) is 5.81. The van der Waals surface area contributed by atoms with Crippen molar-refractivity contribution in [2.45, 2.75) is 84.2 Å². The van der Waals surface area contributed by atoms with Gasteiger partial charge in [0, 0.05) is 11.9 Å². The van der Waals surface area contributed by atoms with Crippen LogP contribution in [0.5, 0.6) is 0 Å². The molecule has 0 heterocycles. The first-order chi connectivity index (χ1) is 11.3. The summed E-state index contributed by atoms with van der Waals surface area (Å²) in [6, 6.07) is 0. The first-order valence-corrected chi connectivity index (χ1v) is 10.4. The minimum absolute atomic E-state index is 0.196. The molecule has 23 heavy (non-hydrogen) atoms. The number of carbonyl (C=O) groups is 1. The lowest BCUT2D eigenvalue weighted by Crippen LogP contribution is -2.26. The van der Waals surface area contributed by atoms with Gasteiger partial charge >= 0.3 is 5.97 Å². The summed E-state index contributed by atoms with van der Waals surface area (Å²) in [4.78, 5) is 11.9. The van der Waals surface area contributed by atoms with Crippen LogP contribution in [-0.4, -0.2) is 30.6 Å². The smallest absolute Gasteiger partial charge is 0.335 e. The van der Waals surface area contributed by atoms with Gasteiger partial charge in [-0.3, -0.25) is 0 Å². The van der Waals surface area contributed by atoms with Gasteiger partial charge in [0.1, 0.15) is 0 Å². The van der Waals surface area contributed by atoms with Crippen LogP contribution in [0, 0.1) is 0 Å². The molecule has 0 amide bonds. The highest BCUT2D eigenvalue weighted by Crippen LogP contribution is 2.07. The zero-order valence-corrected chi connectivity index (χ0v) is 16.6. The van der Waals surface area contributed by atoms with E-state index < -0.39 is 6.10 Å². The van der Waals surface area contributed by atoms with E-state index in [1.165, 1.54) is 19.3 Å². The number of alkyl halides is 1. The molecule has 0 radical (unpaired) electrons. The van der Waals surface area contributed by atoms with Gasteiger partial charge in [-0.15, -0.1) is 0 Å². The van der Waals surface area contributed by atoms with E-state index >= 15 is 0 Å². The molecule has 0 fully saturated rings. The molecule has 0 aromatic carbocycles. The maximum Gasteiger partial charge on any atom is 0.335 e. The van der Waals surface area contributed by atoms with Crippen LogP contribution in [0.25, 0.3) is 0 Å². The summed E-state index contributed by atoms with van der Waals surface area (Å²) >= 11 is 3.43. The van der Waals surface area contributed by atoms with Crippen LogP contribution in [0.15, 0.2) is 12.2 Å². The van der Waals surface area contributed by atoms with E-state index in [1.807, 2.05) is 6.92 Å². The highest BCUT2D eigenvalue weighted by molar-refractivity contribution is 9.09. The van der Waals surface area contributed by atoms with E-state index in [0.717, 1.165) is 43.9 Å². The maximum absolute atomic E-state index is 11.9. The van der Waals surface area contributed by atoms with Crippen LogP contribution in [0.2, 0.25) is 0 Å². The quantitative estimate of drug-likeness (QED) is 0.144. The van der Waals surface area contributed by atoms with E-state index in [4.69, 9.17) is 9.47 Å². The number of hydrogen-bond acceptors (Lipinski definition) is 3. The Bertz CT molecular complexity index is 292. The molecule has 0 saturated carbocycles. The molecule has 0 aliphatic heterocycles. The van der Waals surface area contributed by atoms with Gasteiger partial charge in [-0.1, -0.05) is 61.2 Å². The third kappa shape index (κ3) is 14.9. The molecule has 0 spiro atoms. The second-order valence-corrected chi connectivity index (χ2v) is 6.56. The summed E-state index contributed by atoms with van der Waals surface area (Å²) in [6.45, 7) is 5.27. The number of rotatable bonds is 16. The second-order valence-electron chi connectivity index (χ2n) is 5.77. The molecule has 0 bridgehead atoms. The van der Waals surface area contributed by atoms with Crippen molar-refractivity contribution in [3.63, 3.8) is 0 Å². The molecule has 1 unspecified atom stereocenters. The molecule has 0 N–H and O–H groups in total. The summed E-state index contributed by atoms with van der Waals surface area (Å²) in [5, 5.41) is 1.08. The lowest BCUT2D eigenvalue weighted by Gasteiger charge is -2.15. The Labute approximate surface area is 151 Å². The number of unbranched alkanes of at least 4 members (excludes halogenated alkanes) is 6. The van der Waals surface area contributed by atoms with Gasteiger partial charge < -0.3 is 9.47 Å². The number of esters is 1. The number of hydrogen-bond donors (Lipinski definition) is 0. The van der Waals surface area contributed by atoms with E-state index in [0.29, 0.717) is 19.6 Å². The third-order valence-electron chi connectivity index (χ3n) is 3.64. The minimum Gasteiger partial charge on any atom is -0.464 e. The van der Waals surface area contributed by atoms with Crippen LogP contribution < -0.4 is 0 Å². The van der Waals surface area contributed by atoms with Gasteiger partial charge in [0.15, 0.2) is 6.10 Å². The van der Waals surface area contributed by atoms with Gasteiger partial charge in [0.2, 0.25) is 0 Å². The molecule has 136 valence electrons. The zero-order chi connectivity index (χ0) is 17.2. The Hall–Kier alpha value is -0.350. The third-order valence-corrected chi connectivity index (χ3v) is 4.20. The first-order valence-electron chi connectivity index (χ1n) is 9.25. The van der Waals surface area contributed by atoms with Gasteiger partial charge in [-0.05, 0) is 44.9 Å². The SMILES string of the molecule is CC/C=C\CCCCOC(CC)C(=O)OCCCCCCCBr. The molecular formula is C19H35BrO3. The molecular weight excluding hydrogens is 356 g/mol. The number of halogens is 1. The van der Waals surface area contributed by atoms with E-state index in [-0.39, 0.29) is 5.97 Å². The Morgan fingerprint density at radius 2 is 1.65 bits per heavy atom. The molecule has 0 rings (SSSR count). The molecule has 4 heteroatoms. The highest BCUT2D eigenvalue weighted by atomic mass is 79.9. The number of carbonyl (C=O) groups excluding carboxylic acids is 1. The van der Waals surface area contributed by atoms with Crippen molar-refractivity contribution in [3.8, 4) is 0 Å². The molecule has 3 nitrogen and oxygen atoms in total. The van der Waals surface area contributed by atoms with Crippen LogP contribution in [0.1, 0.15) is 78.1 Å². The summed E-state index contributed by atoms with van der Waals surface area (Å²) < 4.78 is 11.0. The standard InChI is InChI=1S/C19H35BrO3/c1-3-5-6-7-10-13-16-22-18(4-2)19(21)23-17-14-11-8-9-12-15-20/h5-6,18H,3-4,7-17H2,1-2H3/b6-5-. The van der Waals surface area contributed by atoms with E-state index in [9.17, 15) is 4.79 Å². The summed E-state index contributed by atoms with van der Waals surface area (Å²) in [5.41, 5.74) is 0. The molecule has 0 aromatic heterocycles. The van der Waals surface area contributed by atoms with Crippen molar-refractivity contribution < 1.29 is 14.3 Å².